The lowest BCUT2D eigenvalue weighted by molar-refractivity contribution is -0.931. The molecule has 11 heteroatoms. The first-order valence-corrected chi connectivity index (χ1v) is 8.68. The minimum atomic E-state index is -2.90. The van der Waals surface area contributed by atoms with Crippen LogP contribution in [0.4, 0.5) is 0 Å². The van der Waals surface area contributed by atoms with E-state index in [1.807, 2.05) is 0 Å². The average Bonchev–Trinajstić information content (AvgIpc) is 2.35. The normalized spacial score (nSPS) is 12.9. The predicted molar refractivity (Wildman–Crippen MR) is 78.6 cm³/mol. The molecule has 8 N–H and O–H groups in total. The molecule has 128 valence electrons. The average molecular weight is 349 g/mol. The summed E-state index contributed by atoms with van der Waals surface area (Å²) in [6, 6.07) is 0. The van der Waals surface area contributed by atoms with Crippen molar-refractivity contribution in [3.05, 3.63) is 0 Å². The molecule has 3 unspecified atom stereocenters. The zero-order valence-corrected chi connectivity index (χ0v) is 14.4. The molecule has 3 atom stereocenters. The van der Waals surface area contributed by atoms with E-state index in [2.05, 4.69) is 16.0 Å². The van der Waals surface area contributed by atoms with Gasteiger partial charge in [0.25, 0.3) is 0 Å². The van der Waals surface area contributed by atoms with E-state index in [0.717, 1.165) is 19.3 Å². The van der Waals surface area contributed by atoms with Crippen LogP contribution in [-0.4, -0.2) is 24.9 Å². The van der Waals surface area contributed by atoms with Crippen LogP contribution >= 0.6 is 16.5 Å². The maximum atomic E-state index is 10.4. The van der Waals surface area contributed by atoms with Crippen molar-refractivity contribution in [2.45, 2.75) is 45.4 Å². The Morgan fingerprint density at radius 3 is 2.05 bits per heavy atom. The smallest absolute Gasteiger partial charge is 0.566 e. The molecule has 0 aromatic rings. The van der Waals surface area contributed by atoms with Crippen LogP contribution in [0.25, 0.3) is 0 Å². The highest BCUT2D eigenvalue weighted by Gasteiger charge is 2.20. The minimum absolute atomic E-state index is 0. The topological polar surface area (TPSA) is 170 Å². The number of hydrogen-bond acceptors (Lipinski definition) is 7. The van der Waals surface area contributed by atoms with Gasteiger partial charge in [0.2, 0.25) is 13.5 Å². The quantitative estimate of drug-likeness (QED) is 0.218. The maximum absolute atomic E-state index is 10.4. The minimum Gasteiger partial charge on any atom is -0.566 e. The van der Waals surface area contributed by atoms with Crippen LogP contribution in [0.2, 0.25) is 0 Å². The van der Waals surface area contributed by atoms with E-state index >= 15 is 0 Å². The van der Waals surface area contributed by atoms with Gasteiger partial charge in [0, 0.05) is 4.57 Å². The van der Waals surface area contributed by atoms with E-state index in [1.54, 1.807) is 0 Å². The summed E-state index contributed by atoms with van der Waals surface area (Å²) in [6.45, 7) is 2.69. The molecule has 0 saturated heterocycles. The molecule has 0 spiro atoms. The van der Waals surface area contributed by atoms with Crippen LogP contribution in [0.1, 0.15) is 45.4 Å². The molecule has 0 rings (SSSR count). The molecular weight excluding hydrogens is 320 g/mol. The van der Waals surface area contributed by atoms with Gasteiger partial charge in [0.15, 0.2) is 0 Å². The third kappa shape index (κ3) is 19.9. The Labute approximate surface area is 128 Å². The summed E-state index contributed by atoms with van der Waals surface area (Å²) in [5.74, 6) is 0. The summed E-state index contributed by atoms with van der Waals surface area (Å²) < 4.78 is 29.9. The molecule has 0 heterocycles. The van der Waals surface area contributed by atoms with Crippen molar-refractivity contribution in [1.82, 2.24) is 12.3 Å². The third-order valence-corrected chi connectivity index (χ3v) is 3.33. The SMILES string of the molecule is CCCCCCCC[NH+](CO[P+](=O)[O-])CO[P+](=O)O.N.N. The maximum Gasteiger partial charge on any atom is 0.700 e. The van der Waals surface area contributed by atoms with Gasteiger partial charge in [0.05, 0.1) is 6.54 Å². The van der Waals surface area contributed by atoms with Crippen molar-refractivity contribution in [3.63, 3.8) is 0 Å². The van der Waals surface area contributed by atoms with Crippen molar-refractivity contribution in [1.29, 1.82) is 0 Å². The number of rotatable bonds is 13. The Hall–Kier alpha value is -0.0800. The van der Waals surface area contributed by atoms with Crippen LogP contribution in [0.5, 0.6) is 0 Å². The molecule has 0 aromatic carbocycles. The second-order valence-electron chi connectivity index (χ2n) is 4.28. The number of quaternary nitrogens is 1. The van der Waals surface area contributed by atoms with E-state index in [-0.39, 0.29) is 25.8 Å². The molecule has 0 aliphatic heterocycles. The van der Waals surface area contributed by atoms with E-state index in [1.165, 1.54) is 19.3 Å². The lowest BCUT2D eigenvalue weighted by Crippen LogP contribution is -3.12. The van der Waals surface area contributed by atoms with Crippen molar-refractivity contribution >= 4 is 16.5 Å². The molecule has 0 saturated carbocycles. The first kappa shape index (κ1) is 25.9. The van der Waals surface area contributed by atoms with Crippen molar-refractivity contribution in [2.24, 2.45) is 0 Å². The van der Waals surface area contributed by atoms with Gasteiger partial charge in [-0.15, -0.1) is 4.89 Å². The molecule has 0 aliphatic carbocycles. The van der Waals surface area contributed by atoms with Gasteiger partial charge < -0.3 is 17.2 Å². The predicted octanol–water partition coefficient (Wildman–Crippen LogP) is 1.17. The first-order valence-electron chi connectivity index (χ1n) is 6.46. The molecule has 0 bridgehead atoms. The van der Waals surface area contributed by atoms with Gasteiger partial charge >= 0.3 is 16.5 Å². The Morgan fingerprint density at radius 2 is 1.52 bits per heavy atom. The van der Waals surface area contributed by atoms with Gasteiger partial charge in [-0.05, 0) is 17.4 Å². The third-order valence-electron chi connectivity index (χ3n) is 2.64. The van der Waals surface area contributed by atoms with Gasteiger partial charge in [-0.25, -0.2) is 0 Å². The Kier molecular flexibility index (Phi) is 22.1. The van der Waals surface area contributed by atoms with Crippen molar-refractivity contribution in [2.75, 3.05) is 20.0 Å². The zero-order chi connectivity index (χ0) is 14.5. The standard InChI is InChI=1S/C10H21NO6P2.2H3N/c1-2-3-4-5-6-7-8-11(9-16-18(12)13)10-17-19(14)15;;/h2-10H2,1H3;2*1H3/p+2. The van der Waals surface area contributed by atoms with Crippen LogP contribution in [0.3, 0.4) is 0 Å². The van der Waals surface area contributed by atoms with E-state index < -0.39 is 16.5 Å². The van der Waals surface area contributed by atoms with Gasteiger partial charge in [-0.2, -0.15) is 0 Å². The fraction of sp³-hybridized carbons (Fsp3) is 1.00. The van der Waals surface area contributed by atoms with Crippen LogP contribution < -0.4 is 22.1 Å². The van der Waals surface area contributed by atoms with Gasteiger partial charge in [-0.3, -0.25) is 4.90 Å². The number of nitrogens with one attached hydrogen (secondary N) is 1. The molecule has 0 aromatic heterocycles. The van der Waals surface area contributed by atoms with Crippen LogP contribution in [0, 0.1) is 0 Å². The van der Waals surface area contributed by atoms with Gasteiger partial charge in [0.1, 0.15) is 0 Å². The van der Waals surface area contributed by atoms with Gasteiger partial charge in [-0.1, -0.05) is 41.7 Å². The second-order valence-corrected chi connectivity index (χ2v) is 5.72. The highest BCUT2D eigenvalue weighted by molar-refractivity contribution is 7.32. The highest BCUT2D eigenvalue weighted by Crippen LogP contribution is 2.12. The largest absolute Gasteiger partial charge is 0.700 e. The van der Waals surface area contributed by atoms with E-state index in [0.29, 0.717) is 11.4 Å². The summed E-state index contributed by atoms with van der Waals surface area (Å²) in [4.78, 5) is 19.6. The first-order chi connectivity index (χ1) is 9.06. The lowest BCUT2D eigenvalue weighted by Gasteiger charge is -2.13. The molecule has 0 amide bonds. The molecule has 0 radical (unpaired) electrons. The molecule has 0 aliphatic rings. The summed E-state index contributed by atoms with van der Waals surface area (Å²) in [7, 11) is -5.56. The zero-order valence-electron chi connectivity index (χ0n) is 12.7. The number of unbranched alkanes of at least 4 members (excludes halogenated alkanes) is 5. The Balaban J connectivity index is -0.00000162. The second kappa shape index (κ2) is 18.0. The molecule has 21 heavy (non-hydrogen) atoms. The lowest BCUT2D eigenvalue weighted by atomic mass is 10.1. The van der Waals surface area contributed by atoms with Crippen molar-refractivity contribution < 1.29 is 32.9 Å². The monoisotopic (exact) mass is 349 g/mol. The molecule has 0 fully saturated rings. The summed E-state index contributed by atoms with van der Waals surface area (Å²) >= 11 is 0. The summed E-state index contributed by atoms with van der Waals surface area (Å²) in [5.41, 5.74) is 0. The molecule has 9 nitrogen and oxygen atoms in total. The molecular formula is C10H29N3O6P2+2. The van der Waals surface area contributed by atoms with Crippen LogP contribution in [0.15, 0.2) is 0 Å². The summed E-state index contributed by atoms with van der Waals surface area (Å²) in [6.07, 6.45) is 6.73. The Bertz CT molecular complexity index is 255. The summed E-state index contributed by atoms with van der Waals surface area (Å²) in [5, 5.41) is 0. The fourth-order valence-electron chi connectivity index (χ4n) is 1.63. The Morgan fingerprint density at radius 1 is 1.00 bits per heavy atom. The van der Waals surface area contributed by atoms with Crippen molar-refractivity contribution in [3.8, 4) is 0 Å². The van der Waals surface area contributed by atoms with E-state index in [4.69, 9.17) is 4.89 Å². The fourth-order valence-corrected chi connectivity index (χ4v) is 2.21. The van der Waals surface area contributed by atoms with E-state index in [9.17, 15) is 14.0 Å². The van der Waals surface area contributed by atoms with Crippen LogP contribution in [-0.2, 0) is 18.2 Å². The number of hydrogen-bond donors (Lipinski definition) is 4. The highest BCUT2D eigenvalue weighted by atomic mass is 31.1.